The molecule has 1 rings (SSSR count). The normalized spacial score (nSPS) is 11.1. The van der Waals surface area contributed by atoms with Crippen molar-refractivity contribution < 1.29 is 17.9 Å². The van der Waals surface area contributed by atoms with Crippen molar-refractivity contribution in [3.63, 3.8) is 0 Å². The maximum atomic E-state index is 12.1. The molecule has 0 bridgehead atoms. The quantitative estimate of drug-likeness (QED) is 0.612. The van der Waals surface area contributed by atoms with Gasteiger partial charge in [-0.25, -0.2) is 8.42 Å². The number of sulfone groups is 1. The molecule has 0 saturated carbocycles. The topological polar surface area (TPSA) is 60.4 Å². The Hall–Kier alpha value is -1.14. The first-order valence-electron chi connectivity index (χ1n) is 4.98. The average Bonchev–Trinajstić information content (AvgIpc) is 2.25. The van der Waals surface area contributed by atoms with Gasteiger partial charge in [0.2, 0.25) is 0 Å². The lowest BCUT2D eigenvalue weighted by Crippen LogP contribution is -2.13. The van der Waals surface area contributed by atoms with Gasteiger partial charge in [0.1, 0.15) is 5.75 Å². The molecular formula is C12H13BrO4S. The molecule has 0 N–H and O–H groups in total. The standard InChI is InChI=1S/C12H13BrO4S/c1-8(7-18(3,15)16)12(14)10-6-9(13)4-5-11(10)17-2/h4-6H,1,7H2,2-3H3. The first-order valence-corrected chi connectivity index (χ1v) is 7.83. The summed E-state index contributed by atoms with van der Waals surface area (Å²) in [6, 6.07) is 4.94. The lowest BCUT2D eigenvalue weighted by atomic mass is 10.1. The lowest BCUT2D eigenvalue weighted by molar-refractivity contribution is 0.103. The summed E-state index contributed by atoms with van der Waals surface area (Å²) < 4.78 is 28.1. The number of methoxy groups -OCH3 is 1. The zero-order chi connectivity index (χ0) is 13.9. The Morgan fingerprint density at radius 2 is 2.06 bits per heavy atom. The van der Waals surface area contributed by atoms with Crippen molar-refractivity contribution in [2.45, 2.75) is 0 Å². The largest absolute Gasteiger partial charge is 0.496 e. The van der Waals surface area contributed by atoms with Crippen LogP contribution in [0.25, 0.3) is 0 Å². The van der Waals surface area contributed by atoms with Crippen LogP contribution in [0, 0.1) is 0 Å². The number of carbonyl (C=O) groups is 1. The summed E-state index contributed by atoms with van der Waals surface area (Å²) >= 11 is 3.25. The van der Waals surface area contributed by atoms with Crippen molar-refractivity contribution in [3.8, 4) is 5.75 Å². The fourth-order valence-electron chi connectivity index (χ4n) is 1.43. The third-order valence-corrected chi connectivity index (χ3v) is 3.53. The maximum absolute atomic E-state index is 12.1. The first kappa shape index (κ1) is 14.9. The molecule has 6 heteroatoms. The van der Waals surface area contributed by atoms with E-state index in [1.54, 1.807) is 18.2 Å². The Morgan fingerprint density at radius 3 is 2.56 bits per heavy atom. The number of ketones is 1. The minimum atomic E-state index is -3.28. The Bertz CT molecular complexity index is 590. The van der Waals surface area contributed by atoms with E-state index in [2.05, 4.69) is 22.5 Å². The fourth-order valence-corrected chi connectivity index (χ4v) is 2.56. The maximum Gasteiger partial charge on any atom is 0.193 e. The van der Waals surface area contributed by atoms with E-state index in [9.17, 15) is 13.2 Å². The van der Waals surface area contributed by atoms with Crippen LogP contribution in [0.1, 0.15) is 10.4 Å². The molecule has 0 aliphatic rings. The van der Waals surface area contributed by atoms with E-state index in [0.29, 0.717) is 15.8 Å². The SMILES string of the molecule is C=C(CS(C)(=O)=O)C(=O)c1cc(Br)ccc1OC. The Labute approximate surface area is 115 Å². The molecular weight excluding hydrogens is 320 g/mol. The molecule has 98 valence electrons. The highest BCUT2D eigenvalue weighted by Crippen LogP contribution is 2.25. The van der Waals surface area contributed by atoms with Crippen molar-refractivity contribution in [1.29, 1.82) is 0 Å². The van der Waals surface area contributed by atoms with Crippen LogP contribution >= 0.6 is 15.9 Å². The Morgan fingerprint density at radius 1 is 1.44 bits per heavy atom. The minimum absolute atomic E-state index is 0.0221. The number of hydrogen-bond acceptors (Lipinski definition) is 4. The molecule has 0 unspecified atom stereocenters. The summed E-state index contributed by atoms with van der Waals surface area (Å²) in [4.78, 5) is 12.1. The highest BCUT2D eigenvalue weighted by atomic mass is 79.9. The van der Waals surface area contributed by atoms with E-state index in [1.165, 1.54) is 7.11 Å². The third kappa shape index (κ3) is 3.96. The molecule has 0 aliphatic heterocycles. The van der Waals surface area contributed by atoms with E-state index >= 15 is 0 Å². The van der Waals surface area contributed by atoms with Crippen LogP contribution in [0.4, 0.5) is 0 Å². The van der Waals surface area contributed by atoms with Gasteiger partial charge in [-0.2, -0.15) is 0 Å². The second kappa shape index (κ2) is 5.67. The molecule has 1 aromatic rings. The van der Waals surface area contributed by atoms with Gasteiger partial charge in [-0.15, -0.1) is 0 Å². The van der Waals surface area contributed by atoms with Crippen molar-refractivity contribution in [2.75, 3.05) is 19.1 Å². The highest BCUT2D eigenvalue weighted by Gasteiger charge is 2.18. The Kier molecular flexibility index (Phi) is 4.70. The second-order valence-electron chi connectivity index (χ2n) is 3.85. The number of benzene rings is 1. The van der Waals surface area contributed by atoms with Gasteiger partial charge in [-0.3, -0.25) is 4.79 Å². The average molecular weight is 333 g/mol. The number of ether oxygens (including phenoxy) is 1. The molecule has 4 nitrogen and oxygen atoms in total. The van der Waals surface area contributed by atoms with Gasteiger partial charge in [0, 0.05) is 16.3 Å². The first-order chi connectivity index (χ1) is 8.24. The van der Waals surface area contributed by atoms with E-state index in [1.807, 2.05) is 0 Å². The number of rotatable bonds is 5. The van der Waals surface area contributed by atoms with Crippen LogP contribution in [0.2, 0.25) is 0 Å². The van der Waals surface area contributed by atoms with Gasteiger partial charge >= 0.3 is 0 Å². The molecule has 0 aromatic heterocycles. The van der Waals surface area contributed by atoms with Crippen molar-refractivity contribution in [3.05, 3.63) is 40.4 Å². The van der Waals surface area contributed by atoms with E-state index in [0.717, 1.165) is 6.26 Å². The number of hydrogen-bond donors (Lipinski definition) is 0. The van der Waals surface area contributed by atoms with Crippen LogP contribution in [0.3, 0.4) is 0 Å². The molecule has 0 heterocycles. The van der Waals surface area contributed by atoms with E-state index in [4.69, 9.17) is 4.74 Å². The summed E-state index contributed by atoms with van der Waals surface area (Å²) in [6.07, 6.45) is 1.06. The molecule has 18 heavy (non-hydrogen) atoms. The third-order valence-electron chi connectivity index (χ3n) is 2.16. The molecule has 0 amide bonds. The lowest BCUT2D eigenvalue weighted by Gasteiger charge is -2.09. The van der Waals surface area contributed by atoms with Crippen LogP contribution < -0.4 is 4.74 Å². The van der Waals surface area contributed by atoms with E-state index < -0.39 is 15.6 Å². The summed E-state index contributed by atoms with van der Waals surface area (Å²) in [6.45, 7) is 3.52. The fraction of sp³-hybridized carbons (Fsp3) is 0.250. The number of halogens is 1. The number of carbonyl (C=O) groups excluding carboxylic acids is 1. The molecule has 0 fully saturated rings. The summed E-state index contributed by atoms with van der Waals surface area (Å²) in [5, 5.41) is 0. The van der Waals surface area contributed by atoms with Gasteiger partial charge < -0.3 is 4.74 Å². The molecule has 0 aliphatic carbocycles. The van der Waals surface area contributed by atoms with Crippen molar-refractivity contribution >= 4 is 31.6 Å². The molecule has 0 spiro atoms. The summed E-state index contributed by atoms with van der Waals surface area (Å²) in [5.74, 6) is -0.405. The van der Waals surface area contributed by atoms with Crippen LogP contribution in [0.5, 0.6) is 5.75 Å². The zero-order valence-electron chi connectivity index (χ0n) is 10.1. The van der Waals surface area contributed by atoms with Crippen LogP contribution in [-0.2, 0) is 9.84 Å². The highest BCUT2D eigenvalue weighted by molar-refractivity contribution is 9.10. The van der Waals surface area contributed by atoms with Gasteiger partial charge in [0.15, 0.2) is 15.6 Å². The Balaban J connectivity index is 3.11. The molecule has 0 radical (unpaired) electrons. The predicted molar refractivity (Wildman–Crippen MR) is 73.9 cm³/mol. The molecule has 0 saturated heterocycles. The summed E-state index contributed by atoms with van der Waals surface area (Å²) in [7, 11) is -1.84. The second-order valence-corrected chi connectivity index (χ2v) is 6.90. The molecule has 1 aromatic carbocycles. The number of Topliss-reactive ketones (excluding diaryl/α,β-unsaturated/α-hetero) is 1. The van der Waals surface area contributed by atoms with Crippen molar-refractivity contribution in [2.24, 2.45) is 0 Å². The van der Waals surface area contributed by atoms with Crippen molar-refractivity contribution in [1.82, 2.24) is 0 Å². The predicted octanol–water partition coefficient (Wildman–Crippen LogP) is 2.24. The van der Waals surface area contributed by atoms with Gasteiger partial charge in [0.25, 0.3) is 0 Å². The smallest absolute Gasteiger partial charge is 0.193 e. The van der Waals surface area contributed by atoms with Crippen LogP contribution in [-0.4, -0.2) is 33.3 Å². The zero-order valence-corrected chi connectivity index (χ0v) is 12.5. The van der Waals surface area contributed by atoms with Gasteiger partial charge in [0.05, 0.1) is 18.4 Å². The van der Waals surface area contributed by atoms with Gasteiger partial charge in [-0.05, 0) is 18.2 Å². The van der Waals surface area contributed by atoms with E-state index in [-0.39, 0.29) is 11.3 Å². The minimum Gasteiger partial charge on any atom is -0.496 e. The summed E-state index contributed by atoms with van der Waals surface area (Å²) in [5.41, 5.74) is 0.314. The van der Waals surface area contributed by atoms with Crippen LogP contribution in [0.15, 0.2) is 34.8 Å². The molecule has 0 atom stereocenters. The monoisotopic (exact) mass is 332 g/mol. The van der Waals surface area contributed by atoms with Gasteiger partial charge in [-0.1, -0.05) is 22.5 Å².